The number of hydrogen-bond acceptors (Lipinski definition) is 7. The molecule has 0 fully saturated rings. The fraction of sp³-hybridized carbons (Fsp3) is 0.263. The number of aromatic nitrogens is 4. The van der Waals surface area contributed by atoms with Crippen molar-refractivity contribution in [2.45, 2.75) is 6.61 Å². The van der Waals surface area contributed by atoms with Gasteiger partial charge in [0.2, 0.25) is 5.88 Å². The second-order valence-corrected chi connectivity index (χ2v) is 5.81. The van der Waals surface area contributed by atoms with Crippen LogP contribution in [0.2, 0.25) is 0 Å². The molecular weight excluding hydrogens is 364 g/mol. The Kier molecular flexibility index (Phi) is 6.18. The van der Waals surface area contributed by atoms with Crippen LogP contribution in [0.15, 0.2) is 42.9 Å². The maximum atomic E-state index is 11.5. The molecule has 0 spiro atoms. The van der Waals surface area contributed by atoms with Gasteiger partial charge in [-0.2, -0.15) is 5.10 Å². The third-order valence-corrected chi connectivity index (χ3v) is 3.93. The zero-order chi connectivity index (χ0) is 19.9. The van der Waals surface area contributed by atoms with Gasteiger partial charge in [-0.1, -0.05) is 6.07 Å². The zero-order valence-corrected chi connectivity index (χ0v) is 15.5. The van der Waals surface area contributed by atoms with E-state index in [1.54, 1.807) is 17.1 Å². The molecule has 0 aliphatic carbocycles. The van der Waals surface area contributed by atoms with Gasteiger partial charge in [-0.15, -0.1) is 0 Å². The van der Waals surface area contributed by atoms with E-state index in [1.807, 2.05) is 25.2 Å². The minimum atomic E-state index is -1.15. The first-order valence-corrected chi connectivity index (χ1v) is 8.50. The van der Waals surface area contributed by atoms with Gasteiger partial charge >= 0.3 is 5.97 Å². The van der Waals surface area contributed by atoms with E-state index in [4.69, 9.17) is 14.2 Å². The Balaban J connectivity index is 1.77. The van der Waals surface area contributed by atoms with Crippen LogP contribution in [-0.2, 0) is 18.4 Å². The average Bonchev–Trinajstić information content (AvgIpc) is 3.13. The fourth-order valence-electron chi connectivity index (χ4n) is 2.55. The van der Waals surface area contributed by atoms with Crippen LogP contribution < -0.4 is 9.47 Å². The van der Waals surface area contributed by atoms with Gasteiger partial charge in [-0.25, -0.2) is 9.78 Å². The summed E-state index contributed by atoms with van der Waals surface area (Å²) in [6.45, 7) is 0.726. The Morgan fingerprint density at radius 2 is 2.04 bits per heavy atom. The molecule has 3 aromatic heterocycles. The van der Waals surface area contributed by atoms with E-state index in [9.17, 15) is 9.90 Å². The molecule has 0 amide bonds. The Hall–Kier alpha value is -3.46. The van der Waals surface area contributed by atoms with Crippen LogP contribution in [0, 0.1) is 0 Å². The zero-order valence-electron chi connectivity index (χ0n) is 15.5. The Morgan fingerprint density at radius 1 is 1.18 bits per heavy atom. The molecule has 0 aliphatic rings. The van der Waals surface area contributed by atoms with Gasteiger partial charge in [0.25, 0.3) is 0 Å². The standard InChI is InChI=1S/C19H20N4O5/c1-23-16(5-7-22-23)17-13(4-3-6-20-17)12-28-14-10-15(19(24)25)18(21-11-14)27-9-8-26-2/h3-7,10-11H,8-9,12H2,1-2H3,(H,24,25). The first-order valence-electron chi connectivity index (χ1n) is 8.50. The van der Waals surface area contributed by atoms with Gasteiger partial charge in [0, 0.05) is 38.2 Å². The van der Waals surface area contributed by atoms with Crippen LogP contribution >= 0.6 is 0 Å². The third kappa shape index (κ3) is 4.44. The molecule has 3 heterocycles. The number of nitrogens with zero attached hydrogens (tertiary/aromatic N) is 4. The molecule has 9 nitrogen and oxygen atoms in total. The van der Waals surface area contributed by atoms with Crippen LogP contribution in [0.1, 0.15) is 15.9 Å². The molecule has 146 valence electrons. The Labute approximate surface area is 161 Å². The predicted octanol–water partition coefficient (Wildman–Crippen LogP) is 2.18. The summed E-state index contributed by atoms with van der Waals surface area (Å²) in [5, 5.41) is 13.6. The number of carboxylic acids is 1. The second-order valence-electron chi connectivity index (χ2n) is 5.81. The molecule has 0 radical (unpaired) electrons. The summed E-state index contributed by atoms with van der Waals surface area (Å²) in [5.41, 5.74) is 2.36. The molecule has 0 bridgehead atoms. The van der Waals surface area contributed by atoms with Crippen molar-refractivity contribution < 1.29 is 24.1 Å². The van der Waals surface area contributed by atoms with Crippen molar-refractivity contribution in [3.8, 4) is 23.0 Å². The smallest absolute Gasteiger partial charge is 0.341 e. The van der Waals surface area contributed by atoms with Gasteiger partial charge < -0.3 is 19.3 Å². The third-order valence-electron chi connectivity index (χ3n) is 3.93. The topological polar surface area (TPSA) is 109 Å². The van der Waals surface area contributed by atoms with E-state index >= 15 is 0 Å². The summed E-state index contributed by atoms with van der Waals surface area (Å²) in [4.78, 5) is 20.0. The summed E-state index contributed by atoms with van der Waals surface area (Å²) in [5.74, 6) is -0.813. The molecule has 1 N–H and O–H groups in total. The molecule has 0 aromatic carbocycles. The SMILES string of the molecule is COCCOc1ncc(OCc2cccnc2-c2ccnn2C)cc1C(=O)O. The molecule has 0 saturated heterocycles. The van der Waals surface area contributed by atoms with Crippen LogP contribution in [0.25, 0.3) is 11.4 Å². The number of aryl methyl sites for hydroxylation is 1. The van der Waals surface area contributed by atoms with Crippen molar-refractivity contribution in [2.24, 2.45) is 7.05 Å². The largest absolute Gasteiger partial charge is 0.487 e. The van der Waals surface area contributed by atoms with Crippen molar-refractivity contribution in [1.29, 1.82) is 0 Å². The number of carbonyl (C=O) groups is 1. The average molecular weight is 384 g/mol. The lowest BCUT2D eigenvalue weighted by Gasteiger charge is -2.12. The summed E-state index contributed by atoms with van der Waals surface area (Å²) < 4.78 is 17.7. The van der Waals surface area contributed by atoms with Crippen molar-refractivity contribution in [2.75, 3.05) is 20.3 Å². The highest BCUT2D eigenvalue weighted by molar-refractivity contribution is 5.90. The molecule has 3 aromatic rings. The van der Waals surface area contributed by atoms with Gasteiger partial charge in [-0.3, -0.25) is 9.67 Å². The molecule has 0 unspecified atom stereocenters. The molecule has 9 heteroatoms. The molecule has 0 atom stereocenters. The van der Waals surface area contributed by atoms with Crippen molar-refractivity contribution in [3.05, 3.63) is 54.0 Å². The lowest BCUT2D eigenvalue weighted by atomic mass is 10.1. The summed E-state index contributed by atoms with van der Waals surface area (Å²) >= 11 is 0. The van der Waals surface area contributed by atoms with E-state index in [1.165, 1.54) is 19.4 Å². The van der Waals surface area contributed by atoms with Gasteiger partial charge in [0.1, 0.15) is 24.5 Å². The van der Waals surface area contributed by atoms with E-state index in [2.05, 4.69) is 15.1 Å². The monoisotopic (exact) mass is 384 g/mol. The number of methoxy groups -OCH3 is 1. The summed E-state index contributed by atoms with van der Waals surface area (Å²) in [6, 6.07) is 6.95. The first kappa shape index (κ1) is 19.3. The summed E-state index contributed by atoms with van der Waals surface area (Å²) in [7, 11) is 3.37. The minimum absolute atomic E-state index is 0.0221. The number of aromatic carboxylic acids is 1. The van der Waals surface area contributed by atoms with E-state index in [0.717, 1.165) is 17.0 Å². The predicted molar refractivity (Wildman–Crippen MR) is 99.3 cm³/mol. The lowest BCUT2D eigenvalue weighted by Crippen LogP contribution is -2.10. The highest BCUT2D eigenvalue weighted by Crippen LogP contribution is 2.24. The molecule has 0 aliphatic heterocycles. The maximum absolute atomic E-state index is 11.5. The summed E-state index contributed by atoms with van der Waals surface area (Å²) in [6.07, 6.45) is 4.82. The van der Waals surface area contributed by atoms with Crippen LogP contribution in [0.4, 0.5) is 0 Å². The van der Waals surface area contributed by atoms with Gasteiger partial charge in [0.15, 0.2) is 0 Å². The molecule has 0 saturated carbocycles. The van der Waals surface area contributed by atoms with Crippen molar-refractivity contribution in [1.82, 2.24) is 19.7 Å². The van der Waals surface area contributed by atoms with Crippen LogP contribution in [0.3, 0.4) is 0 Å². The second kappa shape index (κ2) is 8.96. The van der Waals surface area contributed by atoms with E-state index in [0.29, 0.717) is 12.4 Å². The van der Waals surface area contributed by atoms with Crippen LogP contribution in [0.5, 0.6) is 11.6 Å². The van der Waals surface area contributed by atoms with Crippen molar-refractivity contribution in [3.63, 3.8) is 0 Å². The van der Waals surface area contributed by atoms with Crippen LogP contribution in [-0.4, -0.2) is 51.1 Å². The van der Waals surface area contributed by atoms with E-state index in [-0.39, 0.29) is 24.7 Å². The quantitative estimate of drug-likeness (QED) is 0.559. The fourth-order valence-corrected chi connectivity index (χ4v) is 2.55. The number of pyridine rings is 2. The lowest BCUT2D eigenvalue weighted by molar-refractivity contribution is 0.0687. The highest BCUT2D eigenvalue weighted by Gasteiger charge is 2.16. The number of carboxylic acid groups (broad SMARTS) is 1. The molecule has 3 rings (SSSR count). The highest BCUT2D eigenvalue weighted by atomic mass is 16.5. The van der Waals surface area contributed by atoms with Gasteiger partial charge in [-0.05, 0) is 12.1 Å². The normalized spacial score (nSPS) is 10.6. The van der Waals surface area contributed by atoms with E-state index < -0.39 is 5.97 Å². The van der Waals surface area contributed by atoms with Gasteiger partial charge in [0.05, 0.1) is 24.2 Å². The number of rotatable bonds is 9. The number of hydrogen-bond donors (Lipinski definition) is 1. The van der Waals surface area contributed by atoms with Crippen molar-refractivity contribution >= 4 is 5.97 Å². The first-order chi connectivity index (χ1) is 13.6. The maximum Gasteiger partial charge on any atom is 0.341 e. The molecular formula is C19H20N4O5. The number of ether oxygens (including phenoxy) is 3. The Bertz CT molecular complexity index is 957. The molecule has 28 heavy (non-hydrogen) atoms. The Morgan fingerprint density at radius 3 is 2.75 bits per heavy atom. The minimum Gasteiger partial charge on any atom is -0.487 e.